The van der Waals surface area contributed by atoms with Crippen molar-refractivity contribution in [3.63, 3.8) is 0 Å². The molecule has 1 aromatic carbocycles. The number of anilines is 1. The fourth-order valence-corrected chi connectivity index (χ4v) is 1.89. The Morgan fingerprint density at radius 3 is 2.68 bits per heavy atom. The van der Waals surface area contributed by atoms with Crippen LogP contribution in [0.1, 0.15) is 18.9 Å². The van der Waals surface area contributed by atoms with E-state index in [-0.39, 0.29) is 6.42 Å². The largest absolute Gasteiger partial charge is 0.495 e. The highest BCUT2D eigenvalue weighted by molar-refractivity contribution is 5.68. The van der Waals surface area contributed by atoms with E-state index in [2.05, 4.69) is 6.58 Å². The van der Waals surface area contributed by atoms with E-state index in [0.717, 1.165) is 22.6 Å². The predicted octanol–water partition coefficient (Wildman–Crippen LogP) is 2.86. The third-order valence-electron chi connectivity index (χ3n) is 2.73. The topological polar surface area (TPSA) is 49.8 Å². The van der Waals surface area contributed by atoms with Gasteiger partial charge in [0.05, 0.1) is 19.2 Å². The van der Waals surface area contributed by atoms with Crippen molar-refractivity contribution < 1.29 is 14.6 Å². The molecule has 1 aromatic rings. The lowest BCUT2D eigenvalue weighted by atomic mass is 10.1. The van der Waals surface area contributed by atoms with Crippen molar-refractivity contribution in [2.45, 2.75) is 20.3 Å². The van der Waals surface area contributed by atoms with Crippen molar-refractivity contribution in [1.82, 2.24) is 0 Å². The summed E-state index contributed by atoms with van der Waals surface area (Å²) in [6, 6.07) is 5.87. The Hall–Kier alpha value is -1.97. The summed E-state index contributed by atoms with van der Waals surface area (Å²) in [7, 11) is 1.62. The number of carboxylic acid groups (broad SMARTS) is 1. The summed E-state index contributed by atoms with van der Waals surface area (Å²) in [6.45, 7) is 8.87. The summed E-state index contributed by atoms with van der Waals surface area (Å²) in [5.41, 5.74) is 3.00. The van der Waals surface area contributed by atoms with Crippen molar-refractivity contribution in [1.29, 1.82) is 0 Å². The Bertz CT molecular complexity index is 468. The van der Waals surface area contributed by atoms with E-state index in [1.807, 2.05) is 36.9 Å². The van der Waals surface area contributed by atoms with Gasteiger partial charge in [0.25, 0.3) is 0 Å². The molecule has 0 amide bonds. The summed E-state index contributed by atoms with van der Waals surface area (Å²) in [5.74, 6) is -0.0597. The van der Waals surface area contributed by atoms with E-state index in [4.69, 9.17) is 9.84 Å². The van der Waals surface area contributed by atoms with Gasteiger partial charge in [0.1, 0.15) is 5.75 Å². The second-order valence-corrected chi connectivity index (χ2v) is 4.70. The minimum atomic E-state index is -0.807. The number of carboxylic acids is 1. The van der Waals surface area contributed by atoms with Crippen LogP contribution in [0.2, 0.25) is 0 Å². The molecule has 0 spiro atoms. The van der Waals surface area contributed by atoms with Crippen LogP contribution >= 0.6 is 0 Å². The molecule has 0 fully saturated rings. The molecule has 0 bridgehead atoms. The SMILES string of the molecule is C=C(C)CN(CCC(=O)O)c1cc(C)ccc1OC. The predicted molar refractivity (Wildman–Crippen MR) is 77.0 cm³/mol. The summed E-state index contributed by atoms with van der Waals surface area (Å²) < 4.78 is 5.35. The zero-order chi connectivity index (χ0) is 14.4. The van der Waals surface area contributed by atoms with Crippen LogP contribution in [-0.2, 0) is 4.79 Å². The van der Waals surface area contributed by atoms with Crippen molar-refractivity contribution >= 4 is 11.7 Å². The highest BCUT2D eigenvalue weighted by Crippen LogP contribution is 2.29. The Morgan fingerprint density at radius 1 is 1.47 bits per heavy atom. The van der Waals surface area contributed by atoms with Crippen molar-refractivity contribution in [3.05, 3.63) is 35.9 Å². The molecule has 104 valence electrons. The van der Waals surface area contributed by atoms with Crippen LogP contribution in [0, 0.1) is 6.92 Å². The molecule has 0 aliphatic carbocycles. The van der Waals surface area contributed by atoms with Crippen molar-refractivity contribution in [2.75, 3.05) is 25.1 Å². The van der Waals surface area contributed by atoms with Gasteiger partial charge in [-0.05, 0) is 31.5 Å². The fraction of sp³-hybridized carbons (Fsp3) is 0.400. The Labute approximate surface area is 114 Å². The number of carbonyl (C=O) groups is 1. The van der Waals surface area contributed by atoms with E-state index >= 15 is 0 Å². The number of nitrogens with zero attached hydrogens (tertiary/aromatic N) is 1. The van der Waals surface area contributed by atoms with E-state index < -0.39 is 5.97 Å². The van der Waals surface area contributed by atoms with Crippen LogP contribution in [0.25, 0.3) is 0 Å². The van der Waals surface area contributed by atoms with E-state index in [0.29, 0.717) is 13.1 Å². The standard InChI is InChI=1S/C15H21NO3/c1-11(2)10-16(8-7-15(17)18)13-9-12(3)5-6-14(13)19-4/h5-6,9H,1,7-8,10H2,2-4H3,(H,17,18). The average Bonchev–Trinajstić information content (AvgIpc) is 2.33. The number of hydrogen-bond donors (Lipinski definition) is 1. The summed E-state index contributed by atoms with van der Waals surface area (Å²) in [4.78, 5) is 12.8. The van der Waals surface area contributed by atoms with Crippen molar-refractivity contribution in [3.8, 4) is 5.75 Å². The quantitative estimate of drug-likeness (QED) is 0.768. The lowest BCUT2D eigenvalue weighted by Gasteiger charge is -2.26. The van der Waals surface area contributed by atoms with E-state index in [9.17, 15) is 4.79 Å². The van der Waals surface area contributed by atoms with Gasteiger partial charge < -0.3 is 14.7 Å². The molecule has 4 nitrogen and oxygen atoms in total. The zero-order valence-electron chi connectivity index (χ0n) is 11.8. The molecule has 0 aliphatic rings. The van der Waals surface area contributed by atoms with Gasteiger partial charge in [0.15, 0.2) is 0 Å². The first-order valence-electron chi connectivity index (χ1n) is 6.19. The second kappa shape index (κ2) is 6.83. The minimum absolute atomic E-state index is 0.0877. The Balaban J connectivity index is 3.04. The molecule has 0 saturated heterocycles. The van der Waals surface area contributed by atoms with Crippen LogP contribution < -0.4 is 9.64 Å². The van der Waals surface area contributed by atoms with E-state index in [1.54, 1.807) is 7.11 Å². The zero-order valence-corrected chi connectivity index (χ0v) is 11.8. The van der Waals surface area contributed by atoms with E-state index in [1.165, 1.54) is 0 Å². The highest BCUT2D eigenvalue weighted by Gasteiger charge is 2.13. The van der Waals surface area contributed by atoms with Gasteiger partial charge in [-0.2, -0.15) is 0 Å². The molecule has 0 unspecified atom stereocenters. The van der Waals surface area contributed by atoms with Crippen LogP contribution in [0.15, 0.2) is 30.4 Å². The molecule has 0 atom stereocenters. The summed E-state index contributed by atoms with van der Waals surface area (Å²) in [5, 5.41) is 8.84. The molecule has 19 heavy (non-hydrogen) atoms. The van der Waals surface area contributed by atoms with Crippen LogP contribution in [-0.4, -0.2) is 31.3 Å². The lowest BCUT2D eigenvalue weighted by Crippen LogP contribution is -2.28. The maximum Gasteiger partial charge on any atom is 0.305 e. The molecule has 0 saturated carbocycles. The molecule has 0 aliphatic heterocycles. The first-order valence-corrected chi connectivity index (χ1v) is 6.19. The maximum atomic E-state index is 10.8. The molecular weight excluding hydrogens is 242 g/mol. The Morgan fingerprint density at radius 2 is 2.16 bits per heavy atom. The van der Waals surface area contributed by atoms with Crippen molar-refractivity contribution in [2.24, 2.45) is 0 Å². The Kier molecular flexibility index (Phi) is 5.42. The van der Waals surface area contributed by atoms with Gasteiger partial charge in [-0.15, -0.1) is 0 Å². The maximum absolute atomic E-state index is 10.8. The molecular formula is C15H21NO3. The van der Waals surface area contributed by atoms with Gasteiger partial charge in [0, 0.05) is 13.1 Å². The smallest absolute Gasteiger partial charge is 0.305 e. The summed E-state index contributed by atoms with van der Waals surface area (Å²) in [6.07, 6.45) is 0.0877. The van der Waals surface area contributed by atoms with Gasteiger partial charge in [-0.25, -0.2) is 0 Å². The molecule has 1 rings (SSSR count). The lowest BCUT2D eigenvalue weighted by molar-refractivity contribution is -0.136. The third-order valence-corrected chi connectivity index (χ3v) is 2.73. The van der Waals surface area contributed by atoms with Gasteiger partial charge in [-0.1, -0.05) is 18.2 Å². The first-order chi connectivity index (χ1) is 8.93. The highest BCUT2D eigenvalue weighted by atomic mass is 16.5. The third kappa shape index (κ3) is 4.66. The van der Waals surface area contributed by atoms with Gasteiger partial charge >= 0.3 is 5.97 Å². The molecule has 0 aromatic heterocycles. The number of ether oxygens (including phenoxy) is 1. The average molecular weight is 263 g/mol. The fourth-order valence-electron chi connectivity index (χ4n) is 1.89. The van der Waals surface area contributed by atoms with Crippen LogP contribution in [0.3, 0.4) is 0 Å². The van der Waals surface area contributed by atoms with Crippen LogP contribution in [0.5, 0.6) is 5.75 Å². The summed E-state index contributed by atoms with van der Waals surface area (Å²) >= 11 is 0. The van der Waals surface area contributed by atoms with Crippen LogP contribution in [0.4, 0.5) is 5.69 Å². The number of aryl methyl sites for hydroxylation is 1. The number of methoxy groups -OCH3 is 1. The number of benzene rings is 1. The van der Waals surface area contributed by atoms with Gasteiger partial charge in [0.2, 0.25) is 0 Å². The number of hydrogen-bond acceptors (Lipinski definition) is 3. The first kappa shape index (κ1) is 15.1. The number of aliphatic carboxylic acids is 1. The number of rotatable bonds is 7. The molecule has 0 radical (unpaired) electrons. The molecule has 4 heteroatoms. The second-order valence-electron chi connectivity index (χ2n) is 4.70. The monoisotopic (exact) mass is 263 g/mol. The van der Waals surface area contributed by atoms with Gasteiger partial charge in [-0.3, -0.25) is 4.79 Å². The molecule has 1 N–H and O–H groups in total. The normalized spacial score (nSPS) is 10.1. The molecule has 0 heterocycles. The minimum Gasteiger partial charge on any atom is -0.495 e.